The van der Waals surface area contributed by atoms with Crippen molar-refractivity contribution in [2.45, 2.75) is 23.9 Å². The second-order valence-electron chi connectivity index (χ2n) is 6.84. The van der Waals surface area contributed by atoms with Crippen LogP contribution in [0.3, 0.4) is 0 Å². The van der Waals surface area contributed by atoms with E-state index in [0.29, 0.717) is 10.7 Å². The Morgan fingerprint density at radius 1 is 0.900 bits per heavy atom. The van der Waals surface area contributed by atoms with E-state index in [2.05, 4.69) is 10.6 Å². The van der Waals surface area contributed by atoms with E-state index in [4.69, 9.17) is 16.7 Å². The quantitative estimate of drug-likeness (QED) is 0.518. The summed E-state index contributed by atoms with van der Waals surface area (Å²) in [5.41, 5.74) is 2.46. The van der Waals surface area contributed by atoms with Crippen LogP contribution in [0.4, 0.5) is 5.69 Å². The molecular weight excluding hydrogens is 422 g/mol. The molecule has 0 aliphatic carbocycles. The van der Waals surface area contributed by atoms with Gasteiger partial charge in [-0.15, -0.1) is 0 Å². The minimum Gasteiger partial charge on any atom is -0.325 e. The summed E-state index contributed by atoms with van der Waals surface area (Å²) in [4.78, 5) is 12.7. The van der Waals surface area contributed by atoms with Crippen LogP contribution in [0.5, 0.6) is 0 Å². The second-order valence-corrected chi connectivity index (χ2v) is 8.84. The SMILES string of the molecule is C[C@@H](N[C@@H](c1ccccc1)c1ccc(Cl)cc1)C(=O)Nc1ccc(S(N)(=O)=O)cc1. The highest BCUT2D eigenvalue weighted by molar-refractivity contribution is 7.89. The molecule has 0 bridgehead atoms. The van der Waals surface area contributed by atoms with E-state index in [1.807, 2.05) is 54.6 Å². The van der Waals surface area contributed by atoms with Crippen LogP contribution >= 0.6 is 11.6 Å². The van der Waals surface area contributed by atoms with E-state index in [1.165, 1.54) is 24.3 Å². The van der Waals surface area contributed by atoms with Gasteiger partial charge in [0.05, 0.1) is 17.0 Å². The Bertz CT molecular complexity index is 1100. The monoisotopic (exact) mass is 443 g/mol. The summed E-state index contributed by atoms with van der Waals surface area (Å²) in [7, 11) is -3.78. The zero-order chi connectivity index (χ0) is 21.7. The molecule has 3 aromatic carbocycles. The summed E-state index contributed by atoms with van der Waals surface area (Å²) in [6.45, 7) is 1.76. The zero-order valence-corrected chi connectivity index (χ0v) is 17.8. The number of carbonyl (C=O) groups excluding carboxylic acids is 1. The molecule has 0 radical (unpaired) electrons. The third-order valence-electron chi connectivity index (χ3n) is 4.60. The maximum absolute atomic E-state index is 12.7. The maximum Gasteiger partial charge on any atom is 0.241 e. The van der Waals surface area contributed by atoms with Gasteiger partial charge in [0.25, 0.3) is 0 Å². The van der Waals surface area contributed by atoms with Gasteiger partial charge in [-0.25, -0.2) is 13.6 Å². The molecule has 0 spiro atoms. The van der Waals surface area contributed by atoms with Crippen molar-refractivity contribution in [2.75, 3.05) is 5.32 Å². The Morgan fingerprint density at radius 3 is 2.03 bits per heavy atom. The van der Waals surface area contributed by atoms with Crippen molar-refractivity contribution in [1.82, 2.24) is 5.32 Å². The van der Waals surface area contributed by atoms with Crippen LogP contribution in [-0.2, 0) is 14.8 Å². The van der Waals surface area contributed by atoms with Gasteiger partial charge in [0.15, 0.2) is 0 Å². The third kappa shape index (κ3) is 5.67. The van der Waals surface area contributed by atoms with Gasteiger partial charge in [0.2, 0.25) is 15.9 Å². The van der Waals surface area contributed by atoms with E-state index in [9.17, 15) is 13.2 Å². The minimum absolute atomic E-state index is 0.0152. The summed E-state index contributed by atoms with van der Waals surface area (Å²) in [6.07, 6.45) is 0. The fourth-order valence-corrected chi connectivity index (χ4v) is 3.63. The number of amides is 1. The van der Waals surface area contributed by atoms with Crippen molar-refractivity contribution in [3.05, 3.63) is 95.0 Å². The van der Waals surface area contributed by atoms with E-state index in [0.717, 1.165) is 11.1 Å². The van der Waals surface area contributed by atoms with Crippen LogP contribution in [0.15, 0.2) is 83.8 Å². The molecule has 2 atom stereocenters. The molecule has 0 heterocycles. The van der Waals surface area contributed by atoms with Crippen LogP contribution in [0.25, 0.3) is 0 Å². The molecule has 0 unspecified atom stereocenters. The lowest BCUT2D eigenvalue weighted by atomic mass is 9.98. The number of carbonyl (C=O) groups is 1. The average molecular weight is 444 g/mol. The molecule has 6 nitrogen and oxygen atoms in total. The normalized spacial score (nSPS) is 13.4. The van der Waals surface area contributed by atoms with Gasteiger partial charge in [0.1, 0.15) is 0 Å². The number of anilines is 1. The highest BCUT2D eigenvalue weighted by Crippen LogP contribution is 2.24. The number of primary sulfonamides is 1. The van der Waals surface area contributed by atoms with Crippen LogP contribution in [-0.4, -0.2) is 20.4 Å². The lowest BCUT2D eigenvalue weighted by Crippen LogP contribution is -2.40. The smallest absolute Gasteiger partial charge is 0.241 e. The molecule has 4 N–H and O–H groups in total. The molecule has 0 saturated carbocycles. The molecule has 0 aromatic heterocycles. The first-order valence-corrected chi connectivity index (χ1v) is 11.2. The van der Waals surface area contributed by atoms with Gasteiger partial charge in [-0.1, -0.05) is 54.1 Å². The molecular formula is C22H22ClN3O3S. The summed E-state index contributed by atoms with van der Waals surface area (Å²) in [5, 5.41) is 11.9. The van der Waals surface area contributed by atoms with E-state index >= 15 is 0 Å². The summed E-state index contributed by atoms with van der Waals surface area (Å²) in [5.74, 6) is -0.256. The molecule has 3 aromatic rings. The van der Waals surface area contributed by atoms with Gasteiger partial charge < -0.3 is 5.32 Å². The molecule has 0 saturated heterocycles. The topological polar surface area (TPSA) is 101 Å². The standard InChI is InChI=1S/C22H22ClN3O3S/c1-15(22(27)26-19-11-13-20(14-12-19)30(24,28)29)25-21(16-5-3-2-4-6-16)17-7-9-18(23)10-8-17/h2-15,21,25H,1H3,(H,26,27)(H2,24,28,29)/t15-,21+/m1/s1. The Kier molecular flexibility index (Phi) is 6.89. The third-order valence-corrected chi connectivity index (χ3v) is 5.78. The Hall–Kier alpha value is -2.71. The number of sulfonamides is 1. The van der Waals surface area contributed by atoms with Crippen LogP contribution in [0, 0.1) is 0 Å². The highest BCUT2D eigenvalue weighted by atomic mass is 35.5. The lowest BCUT2D eigenvalue weighted by Gasteiger charge is -2.24. The summed E-state index contributed by atoms with van der Waals surface area (Å²) in [6, 6.07) is 22.2. The van der Waals surface area contributed by atoms with Crippen molar-refractivity contribution < 1.29 is 13.2 Å². The highest BCUT2D eigenvalue weighted by Gasteiger charge is 2.21. The average Bonchev–Trinajstić information content (AvgIpc) is 2.73. The molecule has 0 fully saturated rings. The second kappa shape index (κ2) is 9.40. The zero-order valence-electron chi connectivity index (χ0n) is 16.2. The van der Waals surface area contributed by atoms with Crippen molar-refractivity contribution >= 4 is 33.2 Å². The molecule has 1 amide bonds. The largest absolute Gasteiger partial charge is 0.325 e. The number of nitrogens with two attached hydrogens (primary N) is 1. The summed E-state index contributed by atoms with van der Waals surface area (Å²) < 4.78 is 22.7. The molecule has 30 heavy (non-hydrogen) atoms. The van der Waals surface area contributed by atoms with Crippen molar-refractivity contribution in [1.29, 1.82) is 0 Å². The predicted molar refractivity (Wildman–Crippen MR) is 119 cm³/mol. The van der Waals surface area contributed by atoms with Gasteiger partial charge in [-0.3, -0.25) is 10.1 Å². The number of hydrogen-bond donors (Lipinski definition) is 3. The van der Waals surface area contributed by atoms with E-state index in [-0.39, 0.29) is 16.8 Å². The van der Waals surface area contributed by atoms with E-state index < -0.39 is 16.1 Å². The number of nitrogens with one attached hydrogen (secondary N) is 2. The van der Waals surface area contributed by atoms with Crippen molar-refractivity contribution in [2.24, 2.45) is 5.14 Å². The van der Waals surface area contributed by atoms with Gasteiger partial charge in [-0.05, 0) is 54.4 Å². The first-order chi connectivity index (χ1) is 14.2. The van der Waals surface area contributed by atoms with Crippen molar-refractivity contribution in [3.63, 3.8) is 0 Å². The Balaban J connectivity index is 1.75. The molecule has 156 valence electrons. The predicted octanol–water partition coefficient (Wildman–Crippen LogP) is 3.69. The number of benzene rings is 3. The molecule has 0 aliphatic heterocycles. The van der Waals surface area contributed by atoms with E-state index in [1.54, 1.807) is 6.92 Å². The van der Waals surface area contributed by atoms with Crippen LogP contribution in [0.1, 0.15) is 24.1 Å². The minimum atomic E-state index is -3.78. The fraction of sp³-hybridized carbons (Fsp3) is 0.136. The molecule has 0 aliphatic rings. The van der Waals surface area contributed by atoms with Gasteiger partial charge in [0, 0.05) is 10.7 Å². The summed E-state index contributed by atoms with van der Waals surface area (Å²) >= 11 is 6.02. The van der Waals surface area contributed by atoms with Gasteiger partial charge in [-0.2, -0.15) is 0 Å². The number of hydrogen-bond acceptors (Lipinski definition) is 4. The number of halogens is 1. The Morgan fingerprint density at radius 2 is 1.47 bits per heavy atom. The molecule has 8 heteroatoms. The maximum atomic E-state index is 12.7. The first kappa shape index (κ1) is 22.0. The number of rotatable bonds is 7. The Labute approximate surface area is 181 Å². The fourth-order valence-electron chi connectivity index (χ4n) is 2.99. The van der Waals surface area contributed by atoms with Gasteiger partial charge >= 0.3 is 0 Å². The first-order valence-electron chi connectivity index (χ1n) is 9.24. The van der Waals surface area contributed by atoms with Crippen molar-refractivity contribution in [3.8, 4) is 0 Å². The molecule has 3 rings (SSSR count). The van der Waals surface area contributed by atoms with Crippen LogP contribution in [0.2, 0.25) is 5.02 Å². The van der Waals surface area contributed by atoms with Crippen LogP contribution < -0.4 is 15.8 Å². The lowest BCUT2D eigenvalue weighted by molar-refractivity contribution is -0.117.